The van der Waals surface area contributed by atoms with Crippen molar-refractivity contribution in [1.82, 2.24) is 9.80 Å². The van der Waals surface area contributed by atoms with Crippen molar-refractivity contribution in [2.45, 2.75) is 74.6 Å². The van der Waals surface area contributed by atoms with Crippen LogP contribution in [0.15, 0.2) is 24.3 Å². The Morgan fingerprint density at radius 2 is 1.88 bits per heavy atom. The third-order valence-corrected chi connectivity index (χ3v) is 9.13. The van der Waals surface area contributed by atoms with Crippen LogP contribution in [0.2, 0.25) is 0 Å². The Morgan fingerprint density at radius 1 is 1.12 bits per heavy atom. The van der Waals surface area contributed by atoms with E-state index in [2.05, 4.69) is 12.2 Å². The number of rotatable bonds is 3. The van der Waals surface area contributed by atoms with Crippen molar-refractivity contribution in [3.8, 4) is 0 Å². The molecule has 0 saturated carbocycles. The number of carbonyl (C=O) groups excluding carboxylic acids is 3. The van der Waals surface area contributed by atoms with Gasteiger partial charge in [-0.2, -0.15) is 0 Å². The van der Waals surface area contributed by atoms with Crippen molar-refractivity contribution in [3.63, 3.8) is 0 Å². The number of thioether (sulfide) groups is 1. The Labute approximate surface area is 194 Å². The lowest BCUT2D eigenvalue weighted by molar-refractivity contribution is -0.154. The molecule has 1 unspecified atom stereocenters. The van der Waals surface area contributed by atoms with Crippen LogP contribution in [0.5, 0.6) is 0 Å². The number of nitrogens with zero attached hydrogens (tertiary/aromatic N) is 2. The highest BCUT2D eigenvalue weighted by molar-refractivity contribution is 8.02. The first kappa shape index (κ1) is 23.4. The zero-order valence-corrected chi connectivity index (χ0v) is 20.1. The van der Waals surface area contributed by atoms with Gasteiger partial charge >= 0.3 is 5.97 Å². The van der Waals surface area contributed by atoms with E-state index in [1.165, 1.54) is 0 Å². The normalized spacial score (nSPS) is 39.3. The summed E-state index contributed by atoms with van der Waals surface area (Å²) in [7, 11) is 0. The lowest BCUT2D eigenvalue weighted by Gasteiger charge is -2.39. The fourth-order valence-electron chi connectivity index (χ4n) is 5.78. The Hall–Kier alpha value is -1.80. The molecule has 6 atom stereocenters. The number of esters is 1. The smallest absolute Gasteiger partial charge is 0.311 e. The molecule has 7 nitrogen and oxygen atoms in total. The van der Waals surface area contributed by atoms with Crippen LogP contribution in [-0.4, -0.2) is 80.1 Å². The molecular formula is C24H34N2O5S. The molecule has 0 aromatic heterocycles. The molecule has 176 valence electrons. The average molecular weight is 463 g/mol. The number of allylic oxidation sites excluding steroid dienone is 1. The number of amides is 2. The number of hydrogen-bond acceptors (Lipinski definition) is 6. The summed E-state index contributed by atoms with van der Waals surface area (Å²) in [4.78, 5) is 44.5. The number of ether oxygens (including phenoxy) is 1. The molecule has 4 heterocycles. The highest BCUT2D eigenvalue weighted by Crippen LogP contribution is 2.65. The van der Waals surface area contributed by atoms with Gasteiger partial charge in [-0.05, 0) is 47.0 Å². The van der Waals surface area contributed by atoms with E-state index >= 15 is 0 Å². The van der Waals surface area contributed by atoms with Crippen LogP contribution in [0.1, 0.15) is 47.0 Å². The van der Waals surface area contributed by atoms with Gasteiger partial charge in [-0.15, -0.1) is 11.8 Å². The molecule has 2 saturated heterocycles. The van der Waals surface area contributed by atoms with Crippen LogP contribution < -0.4 is 0 Å². The summed E-state index contributed by atoms with van der Waals surface area (Å²) in [6, 6.07) is -1.34. The molecule has 0 radical (unpaired) electrons. The van der Waals surface area contributed by atoms with Crippen molar-refractivity contribution >= 4 is 29.5 Å². The SMILES string of the molecule is CC(C)N1CC=C[C@]23S[C@@]4(C)/C=C\CCCCOC(=O)[C@H]4[C@H]2C(=O)N([C@H](C)CO)C3C1=O. The summed E-state index contributed by atoms with van der Waals surface area (Å²) >= 11 is 1.54. The maximum absolute atomic E-state index is 13.9. The van der Waals surface area contributed by atoms with Crippen LogP contribution in [0.25, 0.3) is 0 Å². The van der Waals surface area contributed by atoms with E-state index in [0.29, 0.717) is 13.2 Å². The van der Waals surface area contributed by atoms with Gasteiger partial charge < -0.3 is 19.6 Å². The maximum atomic E-state index is 13.9. The minimum absolute atomic E-state index is 0.0321. The standard InChI is InChI=1S/C24H34N2O5S/c1-15(2)25-12-9-11-24-17(20(28)26(16(3)14-27)19(24)21(25)29)18-22(30)31-13-8-6-5-7-10-23(18,4)32-24/h7,9-11,15-19,27H,5-6,8,12-14H2,1-4H3/b10-7-/t16-,17+,18-,19?,23+,24+/m1/s1. The number of hydrogen-bond donors (Lipinski definition) is 1. The van der Waals surface area contributed by atoms with Gasteiger partial charge in [0.1, 0.15) is 6.04 Å². The molecule has 0 aliphatic carbocycles. The number of aliphatic hydroxyl groups excluding tert-OH is 1. The minimum Gasteiger partial charge on any atom is -0.465 e. The quantitative estimate of drug-likeness (QED) is 0.511. The third-order valence-electron chi connectivity index (χ3n) is 7.33. The predicted molar refractivity (Wildman–Crippen MR) is 123 cm³/mol. The van der Waals surface area contributed by atoms with Crippen molar-refractivity contribution in [1.29, 1.82) is 0 Å². The fourth-order valence-corrected chi connectivity index (χ4v) is 7.92. The van der Waals surface area contributed by atoms with E-state index in [-0.39, 0.29) is 30.4 Å². The molecule has 1 spiro atoms. The Morgan fingerprint density at radius 3 is 2.56 bits per heavy atom. The first-order valence-electron chi connectivity index (χ1n) is 11.6. The average Bonchev–Trinajstić information content (AvgIpc) is 3.07. The molecule has 0 bridgehead atoms. The second-order valence-corrected chi connectivity index (χ2v) is 11.6. The first-order valence-corrected chi connectivity index (χ1v) is 12.5. The largest absolute Gasteiger partial charge is 0.465 e. The van der Waals surface area contributed by atoms with Crippen molar-refractivity contribution in [2.75, 3.05) is 19.8 Å². The maximum Gasteiger partial charge on any atom is 0.311 e. The lowest BCUT2D eigenvalue weighted by atomic mass is 9.74. The van der Waals surface area contributed by atoms with Gasteiger partial charge in [-0.25, -0.2) is 0 Å². The Bertz CT molecular complexity index is 857. The molecule has 4 aliphatic heterocycles. The zero-order valence-electron chi connectivity index (χ0n) is 19.3. The third kappa shape index (κ3) is 3.41. The molecule has 0 aromatic carbocycles. The Balaban J connectivity index is 1.89. The molecule has 2 fully saturated rings. The van der Waals surface area contributed by atoms with Gasteiger partial charge in [0.2, 0.25) is 11.8 Å². The summed E-state index contributed by atoms with van der Waals surface area (Å²) in [5.41, 5.74) is 0. The second kappa shape index (κ2) is 8.52. The van der Waals surface area contributed by atoms with Crippen LogP contribution >= 0.6 is 11.8 Å². The molecule has 32 heavy (non-hydrogen) atoms. The molecule has 4 aliphatic rings. The summed E-state index contributed by atoms with van der Waals surface area (Å²) < 4.78 is 4.09. The van der Waals surface area contributed by atoms with E-state index in [4.69, 9.17) is 4.74 Å². The topological polar surface area (TPSA) is 87.2 Å². The van der Waals surface area contributed by atoms with E-state index in [1.54, 1.807) is 28.5 Å². The summed E-state index contributed by atoms with van der Waals surface area (Å²) in [6.45, 7) is 8.21. The number of cyclic esters (lactones) is 1. The minimum atomic E-state index is -0.891. The van der Waals surface area contributed by atoms with E-state index < -0.39 is 33.4 Å². The summed E-state index contributed by atoms with van der Waals surface area (Å²) in [5, 5.41) is 9.94. The number of aliphatic hydroxyl groups is 1. The Kier molecular flexibility index (Phi) is 6.22. The van der Waals surface area contributed by atoms with Crippen LogP contribution in [0.3, 0.4) is 0 Å². The molecule has 2 amide bonds. The van der Waals surface area contributed by atoms with Crippen LogP contribution in [0, 0.1) is 11.8 Å². The predicted octanol–water partition coefficient (Wildman–Crippen LogP) is 2.14. The van der Waals surface area contributed by atoms with Gasteiger partial charge in [-0.1, -0.05) is 24.3 Å². The van der Waals surface area contributed by atoms with E-state index in [0.717, 1.165) is 19.3 Å². The molecular weight excluding hydrogens is 428 g/mol. The van der Waals surface area contributed by atoms with Crippen molar-refractivity contribution < 1.29 is 24.2 Å². The molecule has 0 aromatic rings. The highest BCUT2D eigenvalue weighted by Gasteiger charge is 2.74. The van der Waals surface area contributed by atoms with Gasteiger partial charge in [0.15, 0.2) is 0 Å². The van der Waals surface area contributed by atoms with Gasteiger partial charge in [0, 0.05) is 17.3 Å². The molecule has 1 N–H and O–H groups in total. The second-order valence-electron chi connectivity index (χ2n) is 9.83. The number of likely N-dealkylation sites (tertiary alicyclic amines) is 1. The molecule has 8 heteroatoms. The lowest BCUT2D eigenvalue weighted by Crippen LogP contribution is -2.57. The summed E-state index contributed by atoms with van der Waals surface area (Å²) in [5.74, 6) is -2.16. The van der Waals surface area contributed by atoms with Crippen molar-refractivity contribution in [3.05, 3.63) is 24.3 Å². The molecule has 4 rings (SSSR count). The van der Waals surface area contributed by atoms with Gasteiger partial charge in [0.05, 0.1) is 35.8 Å². The van der Waals surface area contributed by atoms with E-state index in [9.17, 15) is 19.5 Å². The zero-order chi connectivity index (χ0) is 23.3. The number of carbonyl (C=O) groups is 3. The fraction of sp³-hybridized carbons (Fsp3) is 0.708. The summed E-state index contributed by atoms with van der Waals surface area (Å²) in [6.07, 6.45) is 10.7. The van der Waals surface area contributed by atoms with E-state index in [1.807, 2.05) is 32.9 Å². The highest BCUT2D eigenvalue weighted by atomic mass is 32.2. The first-order chi connectivity index (χ1) is 15.2. The van der Waals surface area contributed by atoms with Crippen LogP contribution in [-0.2, 0) is 19.1 Å². The number of fused-ring (bicyclic) bond motifs is 2. The van der Waals surface area contributed by atoms with Crippen molar-refractivity contribution in [2.24, 2.45) is 11.8 Å². The van der Waals surface area contributed by atoms with Gasteiger partial charge in [-0.3, -0.25) is 14.4 Å². The monoisotopic (exact) mass is 462 g/mol. The van der Waals surface area contributed by atoms with Gasteiger partial charge in [0.25, 0.3) is 0 Å². The van der Waals surface area contributed by atoms with Crippen LogP contribution in [0.4, 0.5) is 0 Å².